The fourth-order valence-corrected chi connectivity index (χ4v) is 6.95. The Balaban J connectivity index is 1.42. The first-order chi connectivity index (χ1) is 20.3. The van der Waals surface area contributed by atoms with Gasteiger partial charge < -0.3 is 8.98 Å². The summed E-state index contributed by atoms with van der Waals surface area (Å²) in [5, 5.41) is 8.26. The molecule has 4 heteroatoms. The molecule has 0 spiro atoms. The third-order valence-corrected chi connectivity index (χ3v) is 8.68. The molecule has 0 aliphatic carbocycles. The van der Waals surface area contributed by atoms with Crippen molar-refractivity contribution >= 4 is 82.1 Å². The Labute approximate surface area is 233 Å². The quantitative estimate of drug-likeness (QED) is 0.201. The smallest absolute Gasteiger partial charge is 0.146 e. The van der Waals surface area contributed by atoms with E-state index in [1.165, 1.54) is 21.5 Å². The lowest BCUT2D eigenvalue weighted by Crippen LogP contribution is -1.94. The van der Waals surface area contributed by atoms with Gasteiger partial charge in [-0.25, -0.2) is 4.98 Å². The van der Waals surface area contributed by atoms with Gasteiger partial charge in [0.15, 0.2) is 0 Å². The van der Waals surface area contributed by atoms with Crippen LogP contribution in [0.1, 0.15) is 0 Å². The highest BCUT2D eigenvalue weighted by Gasteiger charge is 2.21. The Morgan fingerprint density at radius 3 is 1.98 bits per heavy atom. The molecule has 41 heavy (non-hydrogen) atoms. The summed E-state index contributed by atoms with van der Waals surface area (Å²) in [5.41, 5.74) is 9.42. The van der Waals surface area contributed by atoms with Gasteiger partial charge in [0.1, 0.15) is 22.3 Å². The molecule has 10 rings (SSSR count). The van der Waals surface area contributed by atoms with Gasteiger partial charge in [-0.2, -0.15) is 0 Å². The number of rotatable bonds is 1. The van der Waals surface area contributed by atoms with E-state index >= 15 is 0 Å². The summed E-state index contributed by atoms with van der Waals surface area (Å²) in [7, 11) is 0. The van der Waals surface area contributed by atoms with Crippen molar-refractivity contribution in [3.63, 3.8) is 0 Å². The third-order valence-electron chi connectivity index (χ3n) is 8.68. The first-order valence-corrected chi connectivity index (χ1v) is 13.9. The van der Waals surface area contributed by atoms with Crippen LogP contribution >= 0.6 is 0 Å². The van der Waals surface area contributed by atoms with E-state index in [0.717, 1.165) is 66.2 Å². The zero-order valence-electron chi connectivity index (χ0n) is 21.9. The number of para-hydroxylation sites is 3. The normalized spacial score (nSPS) is 12.4. The van der Waals surface area contributed by atoms with Crippen molar-refractivity contribution in [2.24, 2.45) is 0 Å². The zero-order chi connectivity index (χ0) is 26.7. The molecule has 0 aliphatic rings. The second-order valence-corrected chi connectivity index (χ2v) is 10.8. The molecule has 4 heterocycles. The zero-order valence-corrected chi connectivity index (χ0v) is 21.9. The summed E-state index contributed by atoms with van der Waals surface area (Å²) < 4.78 is 10.9. The van der Waals surface area contributed by atoms with Crippen molar-refractivity contribution in [2.75, 3.05) is 0 Å². The van der Waals surface area contributed by atoms with Gasteiger partial charge >= 0.3 is 0 Å². The van der Waals surface area contributed by atoms with Crippen LogP contribution in [0.2, 0.25) is 0 Å². The largest absolute Gasteiger partial charge is 0.456 e. The predicted octanol–water partition coefficient (Wildman–Crippen LogP) is 9.79. The minimum absolute atomic E-state index is 0.895. The molecule has 0 unspecified atom stereocenters. The molecule has 0 atom stereocenters. The van der Waals surface area contributed by atoms with Crippen molar-refractivity contribution in [3.05, 3.63) is 127 Å². The lowest BCUT2D eigenvalue weighted by Gasteiger charge is -2.09. The number of aromatic nitrogens is 3. The van der Waals surface area contributed by atoms with Gasteiger partial charge in [-0.1, -0.05) is 78.9 Å². The summed E-state index contributed by atoms with van der Waals surface area (Å²) in [6.45, 7) is 0. The van der Waals surface area contributed by atoms with Gasteiger partial charge in [-0.05, 0) is 53.9 Å². The summed E-state index contributed by atoms with van der Waals surface area (Å²) >= 11 is 0. The first kappa shape index (κ1) is 21.2. The maximum Gasteiger partial charge on any atom is 0.146 e. The van der Waals surface area contributed by atoms with Crippen molar-refractivity contribution < 1.29 is 4.42 Å². The van der Waals surface area contributed by atoms with Crippen LogP contribution < -0.4 is 0 Å². The highest BCUT2D eigenvalue weighted by molar-refractivity contribution is 6.20. The van der Waals surface area contributed by atoms with Crippen molar-refractivity contribution in [3.8, 4) is 5.69 Å². The van der Waals surface area contributed by atoms with Gasteiger partial charge in [-0.3, -0.25) is 4.40 Å². The number of furan rings is 1. The molecule has 0 N–H and O–H groups in total. The molecule has 0 aliphatic heterocycles. The van der Waals surface area contributed by atoms with E-state index in [-0.39, 0.29) is 0 Å². The van der Waals surface area contributed by atoms with Crippen LogP contribution in [0.25, 0.3) is 87.8 Å². The maximum absolute atomic E-state index is 6.17. The van der Waals surface area contributed by atoms with E-state index < -0.39 is 0 Å². The highest BCUT2D eigenvalue weighted by Crippen LogP contribution is 2.40. The Kier molecular flexibility index (Phi) is 3.90. The predicted molar refractivity (Wildman–Crippen MR) is 169 cm³/mol. The molecule has 190 valence electrons. The van der Waals surface area contributed by atoms with E-state index in [9.17, 15) is 0 Å². The van der Waals surface area contributed by atoms with Crippen LogP contribution in [0.3, 0.4) is 0 Å². The molecule has 4 aromatic heterocycles. The minimum atomic E-state index is 0.895. The Bertz CT molecular complexity index is 2700. The van der Waals surface area contributed by atoms with E-state index in [1.807, 2.05) is 12.1 Å². The number of benzene rings is 6. The fourth-order valence-electron chi connectivity index (χ4n) is 6.95. The van der Waals surface area contributed by atoms with Crippen LogP contribution in [0.4, 0.5) is 0 Å². The van der Waals surface area contributed by atoms with E-state index in [1.54, 1.807) is 0 Å². The molecule has 0 amide bonds. The molecule has 0 bridgehead atoms. The average molecular weight is 524 g/mol. The molecule has 0 radical (unpaired) electrons. The van der Waals surface area contributed by atoms with E-state index in [2.05, 4.69) is 124 Å². The standard InChI is InChI=1S/C37H21N3O/c1-2-13-28-23(9-1)24-10-3-7-15-31(24)40-32-19-18-27-25-11-4-6-14-30(25)39(36(27)35(32)38-37(28)40)22-17-20-34-29(21-22)26-12-5-8-16-33(26)41-34/h1-21H. The van der Waals surface area contributed by atoms with E-state index in [4.69, 9.17) is 9.40 Å². The monoisotopic (exact) mass is 523 g/mol. The third kappa shape index (κ3) is 2.66. The van der Waals surface area contributed by atoms with Crippen LogP contribution in [0, 0.1) is 0 Å². The average Bonchev–Trinajstić information content (AvgIpc) is 3.71. The fraction of sp³-hybridized carbons (Fsp3) is 0. The lowest BCUT2D eigenvalue weighted by atomic mass is 10.1. The van der Waals surface area contributed by atoms with Crippen molar-refractivity contribution in [1.82, 2.24) is 14.0 Å². The van der Waals surface area contributed by atoms with Gasteiger partial charge in [-0.15, -0.1) is 0 Å². The number of hydrogen-bond acceptors (Lipinski definition) is 2. The Morgan fingerprint density at radius 1 is 0.463 bits per heavy atom. The van der Waals surface area contributed by atoms with Crippen LogP contribution in [0.15, 0.2) is 132 Å². The minimum Gasteiger partial charge on any atom is -0.456 e. The van der Waals surface area contributed by atoms with Gasteiger partial charge in [0, 0.05) is 38.0 Å². The van der Waals surface area contributed by atoms with Gasteiger partial charge in [0.25, 0.3) is 0 Å². The molecule has 0 saturated heterocycles. The van der Waals surface area contributed by atoms with Gasteiger partial charge in [0.05, 0.1) is 22.1 Å². The van der Waals surface area contributed by atoms with Crippen LogP contribution in [-0.4, -0.2) is 14.0 Å². The molecule has 0 saturated carbocycles. The molecular formula is C37H21N3O. The van der Waals surface area contributed by atoms with E-state index in [0.29, 0.717) is 0 Å². The number of fused-ring (bicyclic) bond motifs is 15. The number of pyridine rings is 1. The van der Waals surface area contributed by atoms with Gasteiger partial charge in [0.2, 0.25) is 0 Å². The summed E-state index contributed by atoms with van der Waals surface area (Å²) in [5.74, 6) is 0. The van der Waals surface area contributed by atoms with Crippen LogP contribution in [0.5, 0.6) is 0 Å². The molecular weight excluding hydrogens is 502 g/mol. The molecule has 0 fully saturated rings. The summed E-state index contributed by atoms with van der Waals surface area (Å²) in [6, 6.07) is 45.2. The second-order valence-electron chi connectivity index (χ2n) is 10.8. The maximum atomic E-state index is 6.17. The van der Waals surface area contributed by atoms with Crippen molar-refractivity contribution in [2.45, 2.75) is 0 Å². The second kappa shape index (κ2) is 7.52. The van der Waals surface area contributed by atoms with Crippen molar-refractivity contribution in [1.29, 1.82) is 0 Å². The SMILES string of the molecule is c1ccc2c(c1)oc1ccc(-n3c4ccccc4c4ccc5c(nc6c7ccccc7c7ccccc7n56)c43)cc12. The first-order valence-electron chi connectivity index (χ1n) is 13.9. The Hall–Kier alpha value is -5.61. The number of nitrogens with zero attached hydrogens (tertiary/aromatic N) is 3. The number of hydrogen-bond donors (Lipinski definition) is 0. The highest BCUT2D eigenvalue weighted by atomic mass is 16.3. The van der Waals surface area contributed by atoms with Crippen LogP contribution in [-0.2, 0) is 0 Å². The molecule has 10 aromatic rings. The molecule has 6 aromatic carbocycles. The summed E-state index contributed by atoms with van der Waals surface area (Å²) in [4.78, 5) is 5.43. The lowest BCUT2D eigenvalue weighted by molar-refractivity contribution is 0.669. The topological polar surface area (TPSA) is 35.4 Å². The molecule has 4 nitrogen and oxygen atoms in total. The number of imidazole rings is 1. The summed E-state index contributed by atoms with van der Waals surface area (Å²) in [6.07, 6.45) is 0. The Morgan fingerprint density at radius 2 is 1.12 bits per heavy atom.